The second-order valence-corrected chi connectivity index (χ2v) is 22.3. The highest BCUT2D eigenvalue weighted by Crippen LogP contribution is 2.58. The summed E-state index contributed by atoms with van der Waals surface area (Å²) in [6, 6.07) is 21.9. The van der Waals surface area contributed by atoms with Crippen LogP contribution < -0.4 is 14.9 Å². The third-order valence-corrected chi connectivity index (χ3v) is 17.9. The number of fused-ring (bicyclic) bond motifs is 2. The molecule has 66 heavy (non-hydrogen) atoms. The Bertz CT molecular complexity index is 2470. The third kappa shape index (κ3) is 9.42. The van der Waals surface area contributed by atoms with Crippen molar-refractivity contribution in [1.82, 2.24) is 25.1 Å². The SMILES string of the molecule is CCCOC(=O)[C@H](C)NP(=O)(Oc1ccccc1)[C@@H](F)c1ccc2sc(C(=O)N[C@H]3CC[C@H](N(C)C4CC(F)C4)C[C@H]4CC[C@@H](C(=O)N5C[C@H](c6ccccc6)CC56CC6)N4C3=O)cc2c1. The molecule has 5 fully saturated rings. The van der Waals surface area contributed by atoms with Crippen LogP contribution in [0.15, 0.2) is 84.9 Å². The molecule has 8 atom stereocenters. The number of para-hydroxylation sites is 1. The number of halogens is 2. The molecular formula is C50H60F2N5O7PS. The standard InChI is InChI=1S/C50H60F2N5O7PS/c1-4-23-63-49(61)31(2)54-65(62,64-40-13-9-6-10-14-40)45(52)33-15-20-43-34(24-33)25-44(66-43)46(58)53-41-18-16-37(55(3)39-26-36(51)27-39)28-38-17-19-42(57(38)47(41)59)48(60)56-30-35(29-50(56)21-22-50)32-11-7-5-8-12-32/h5-15,20,24-25,31,35-39,41-42,45H,4,16-19,21-23,26-30H2,1-3H3,(H,53,58)(H,54,62)/t31-,35+,36?,37-,38+,39?,41-,42-,45+,65?/m0/s1. The average Bonchev–Trinajstić information content (AvgIpc) is 3.58. The number of likely N-dealkylation sites (tertiary alicyclic amines) is 1. The van der Waals surface area contributed by atoms with Gasteiger partial charge >= 0.3 is 13.5 Å². The van der Waals surface area contributed by atoms with Gasteiger partial charge in [0.15, 0.2) is 0 Å². The van der Waals surface area contributed by atoms with Crippen molar-refractivity contribution >= 4 is 52.6 Å². The molecule has 2 N–H and O–H groups in total. The quantitative estimate of drug-likeness (QED) is 0.0884. The third-order valence-electron chi connectivity index (χ3n) is 14.6. The number of rotatable bonds is 15. The Morgan fingerprint density at radius 3 is 2.38 bits per heavy atom. The van der Waals surface area contributed by atoms with Gasteiger partial charge in [0.2, 0.25) is 17.7 Å². The van der Waals surface area contributed by atoms with Crippen molar-refractivity contribution in [3.05, 3.63) is 101 Å². The topological polar surface area (TPSA) is 138 Å². The normalized spacial score (nSPS) is 27.6. The molecule has 12 nitrogen and oxygen atoms in total. The molecule has 2 aliphatic carbocycles. The predicted molar refractivity (Wildman–Crippen MR) is 250 cm³/mol. The highest BCUT2D eigenvalue weighted by molar-refractivity contribution is 7.57. The highest BCUT2D eigenvalue weighted by atomic mass is 32.1. The maximum atomic E-state index is 16.7. The highest BCUT2D eigenvalue weighted by Gasteiger charge is 2.59. The molecule has 4 heterocycles. The van der Waals surface area contributed by atoms with Crippen molar-refractivity contribution in [2.45, 2.75) is 144 Å². The van der Waals surface area contributed by atoms with E-state index in [1.165, 1.54) is 36.0 Å². The molecular weight excluding hydrogens is 884 g/mol. The summed E-state index contributed by atoms with van der Waals surface area (Å²) in [4.78, 5) is 63.1. The number of nitrogens with one attached hydrogen (secondary N) is 2. The summed E-state index contributed by atoms with van der Waals surface area (Å²) in [6.45, 7) is 4.05. The average molecular weight is 944 g/mol. The Morgan fingerprint density at radius 2 is 1.68 bits per heavy atom. The van der Waals surface area contributed by atoms with E-state index in [1.807, 2.05) is 32.2 Å². The van der Waals surface area contributed by atoms with Gasteiger partial charge in [-0.05, 0) is 131 Å². The van der Waals surface area contributed by atoms with Crippen LogP contribution in [0.4, 0.5) is 8.78 Å². The predicted octanol–water partition coefficient (Wildman–Crippen LogP) is 9.06. The zero-order valence-corrected chi connectivity index (χ0v) is 39.5. The van der Waals surface area contributed by atoms with Crippen LogP contribution in [0.1, 0.15) is 117 Å². The van der Waals surface area contributed by atoms with E-state index in [4.69, 9.17) is 9.26 Å². The first-order valence-electron chi connectivity index (χ1n) is 23.6. The molecule has 3 aromatic carbocycles. The Kier molecular flexibility index (Phi) is 13.5. The van der Waals surface area contributed by atoms with Gasteiger partial charge in [-0.2, -0.15) is 0 Å². The molecule has 4 aromatic rings. The number of carbonyl (C=O) groups is 4. The Balaban J connectivity index is 0.952. The summed E-state index contributed by atoms with van der Waals surface area (Å²) in [6.07, 6.45) is 6.34. The lowest BCUT2D eigenvalue weighted by molar-refractivity contribution is -0.148. The molecule has 0 bridgehead atoms. The number of thiophene rings is 1. The fourth-order valence-electron chi connectivity index (χ4n) is 10.7. The van der Waals surface area contributed by atoms with Crippen LogP contribution in [0.5, 0.6) is 5.75 Å². The Hall–Kier alpha value is -4.69. The number of amides is 3. The van der Waals surface area contributed by atoms with Gasteiger partial charge < -0.3 is 29.3 Å². The van der Waals surface area contributed by atoms with Gasteiger partial charge in [0, 0.05) is 40.8 Å². The van der Waals surface area contributed by atoms with Crippen molar-refractivity contribution in [3.8, 4) is 5.75 Å². The first kappa shape index (κ1) is 46.4. The summed E-state index contributed by atoms with van der Waals surface area (Å²) in [5.74, 6) is -3.28. The van der Waals surface area contributed by atoms with Crippen LogP contribution >= 0.6 is 18.9 Å². The molecule has 9 rings (SSSR count). The van der Waals surface area contributed by atoms with E-state index in [9.17, 15) is 28.1 Å². The van der Waals surface area contributed by atoms with E-state index < -0.39 is 49.6 Å². The molecule has 1 aromatic heterocycles. The Labute approximate surface area is 389 Å². The van der Waals surface area contributed by atoms with Crippen LogP contribution in [-0.2, 0) is 23.7 Å². The van der Waals surface area contributed by atoms with Gasteiger partial charge in [-0.3, -0.25) is 23.7 Å². The van der Waals surface area contributed by atoms with Crippen molar-refractivity contribution in [3.63, 3.8) is 0 Å². The van der Waals surface area contributed by atoms with E-state index in [-0.39, 0.29) is 59.3 Å². The molecule has 16 heteroatoms. The van der Waals surface area contributed by atoms with Crippen molar-refractivity contribution in [1.29, 1.82) is 0 Å². The summed E-state index contributed by atoms with van der Waals surface area (Å²) in [7, 11) is -2.45. The first-order valence-corrected chi connectivity index (χ1v) is 26.1. The van der Waals surface area contributed by atoms with Gasteiger partial charge in [0.1, 0.15) is 30.0 Å². The number of carbonyl (C=O) groups excluding carboxylic acids is 4. The maximum absolute atomic E-state index is 16.7. The Morgan fingerprint density at radius 1 is 0.955 bits per heavy atom. The fourth-order valence-corrected chi connectivity index (χ4v) is 13.6. The van der Waals surface area contributed by atoms with Crippen LogP contribution in [0.25, 0.3) is 10.1 Å². The number of esters is 1. The van der Waals surface area contributed by atoms with Crippen LogP contribution in [0, 0.1) is 0 Å². The van der Waals surface area contributed by atoms with Crippen molar-refractivity contribution < 1.29 is 41.8 Å². The number of alkyl halides is 2. The van der Waals surface area contributed by atoms with E-state index >= 15 is 4.39 Å². The summed E-state index contributed by atoms with van der Waals surface area (Å²) in [5, 5.41) is 6.18. The molecule has 1 spiro atoms. The number of hydrogen-bond donors (Lipinski definition) is 2. The van der Waals surface area contributed by atoms with Crippen LogP contribution in [-0.4, -0.2) is 107 Å². The number of nitrogens with zero attached hydrogens (tertiary/aromatic N) is 3. The van der Waals surface area contributed by atoms with Crippen molar-refractivity contribution in [2.75, 3.05) is 20.2 Å². The van der Waals surface area contributed by atoms with Crippen molar-refractivity contribution in [2.24, 2.45) is 0 Å². The maximum Gasteiger partial charge on any atom is 0.355 e. The molecule has 3 amide bonds. The summed E-state index contributed by atoms with van der Waals surface area (Å²) >= 11 is 1.18. The van der Waals surface area contributed by atoms with E-state index in [0.29, 0.717) is 72.9 Å². The van der Waals surface area contributed by atoms with Crippen LogP contribution in [0.3, 0.4) is 0 Å². The molecule has 3 aliphatic heterocycles. The lowest BCUT2D eigenvalue weighted by Gasteiger charge is -2.45. The first-order chi connectivity index (χ1) is 31.8. The molecule has 1 unspecified atom stereocenters. The summed E-state index contributed by atoms with van der Waals surface area (Å²) in [5.41, 5.74) is 1.05. The van der Waals surface area contributed by atoms with Gasteiger partial charge in [-0.1, -0.05) is 61.5 Å². The fraction of sp³-hybridized carbons (Fsp3) is 0.520. The van der Waals surface area contributed by atoms with Gasteiger partial charge in [0.05, 0.1) is 11.5 Å². The minimum absolute atomic E-state index is 0.0112. The number of benzene rings is 3. The second-order valence-electron chi connectivity index (χ2n) is 19.1. The minimum atomic E-state index is -4.48. The zero-order valence-electron chi connectivity index (χ0n) is 37.8. The zero-order chi connectivity index (χ0) is 46.3. The number of hydrogen-bond acceptors (Lipinski definition) is 9. The van der Waals surface area contributed by atoms with E-state index in [1.54, 1.807) is 47.4 Å². The lowest BCUT2D eigenvalue weighted by atomic mass is 9.86. The van der Waals surface area contributed by atoms with E-state index in [2.05, 4.69) is 32.3 Å². The molecule has 352 valence electrons. The van der Waals surface area contributed by atoms with Gasteiger partial charge in [-0.15, -0.1) is 11.3 Å². The molecule has 3 saturated heterocycles. The van der Waals surface area contributed by atoms with Crippen LogP contribution in [0.2, 0.25) is 0 Å². The van der Waals surface area contributed by atoms with Gasteiger partial charge in [-0.25, -0.2) is 13.9 Å². The monoisotopic (exact) mass is 943 g/mol. The number of ether oxygens (including phenoxy) is 1. The molecule has 2 saturated carbocycles. The summed E-state index contributed by atoms with van der Waals surface area (Å²) < 4.78 is 56.9. The van der Waals surface area contributed by atoms with Gasteiger partial charge in [0.25, 0.3) is 5.91 Å². The largest absolute Gasteiger partial charge is 0.465 e. The molecule has 0 radical (unpaired) electrons. The van der Waals surface area contributed by atoms with E-state index in [0.717, 1.165) is 19.3 Å². The minimum Gasteiger partial charge on any atom is -0.465 e. The molecule has 5 aliphatic rings. The lowest BCUT2D eigenvalue weighted by Crippen LogP contribution is -2.59. The second kappa shape index (κ2) is 19.1. The smallest absolute Gasteiger partial charge is 0.355 e.